The first kappa shape index (κ1) is 27.0. The summed E-state index contributed by atoms with van der Waals surface area (Å²) >= 11 is 6.69. The number of aromatic nitrogens is 1. The van der Waals surface area contributed by atoms with Gasteiger partial charge >= 0.3 is 11.9 Å². The molecule has 1 saturated heterocycles. The Kier molecular flexibility index (Phi) is 7.12. The Labute approximate surface area is 233 Å². The second-order valence-corrected chi connectivity index (χ2v) is 10.1. The highest BCUT2D eigenvalue weighted by atomic mass is 35.5. The van der Waals surface area contributed by atoms with Crippen LogP contribution in [-0.2, 0) is 25.7 Å². The number of hydrogen-bond acceptors (Lipinski definition) is 8. The second-order valence-electron chi connectivity index (χ2n) is 9.73. The van der Waals surface area contributed by atoms with Crippen LogP contribution in [0.2, 0.25) is 5.02 Å². The molecule has 4 aromatic rings. The predicted molar refractivity (Wildman–Crippen MR) is 145 cm³/mol. The van der Waals surface area contributed by atoms with Gasteiger partial charge in [-0.25, -0.2) is 0 Å². The third-order valence-electron chi connectivity index (χ3n) is 6.63. The van der Waals surface area contributed by atoms with Gasteiger partial charge in [0.05, 0.1) is 17.1 Å². The molecule has 11 heteroatoms. The van der Waals surface area contributed by atoms with Crippen molar-refractivity contribution in [1.29, 1.82) is 0 Å². The summed E-state index contributed by atoms with van der Waals surface area (Å²) in [6, 6.07) is 16.7. The number of nitro groups is 1. The Hall–Kier alpha value is -4.57. The van der Waals surface area contributed by atoms with E-state index in [4.69, 9.17) is 30.5 Å². The molecule has 40 heavy (non-hydrogen) atoms. The zero-order valence-electron chi connectivity index (χ0n) is 21.8. The summed E-state index contributed by atoms with van der Waals surface area (Å²) in [7, 11) is 1.44. The Bertz CT molecular complexity index is 1590. The molecule has 0 radical (unpaired) electrons. The maximum absolute atomic E-state index is 13.2. The van der Waals surface area contributed by atoms with E-state index in [1.165, 1.54) is 33.1 Å². The summed E-state index contributed by atoms with van der Waals surface area (Å²) in [5.41, 5.74) is 2.65. The van der Waals surface area contributed by atoms with Crippen molar-refractivity contribution in [3.8, 4) is 11.5 Å². The number of nitrogens with zero attached hydrogens (tertiary/aromatic N) is 1. The number of fused-ring (bicyclic) bond motifs is 1. The molecule has 206 valence electrons. The van der Waals surface area contributed by atoms with Crippen molar-refractivity contribution >= 4 is 40.1 Å². The molecule has 1 aromatic heterocycles. The van der Waals surface area contributed by atoms with E-state index in [1.54, 1.807) is 30.5 Å². The van der Waals surface area contributed by atoms with Gasteiger partial charge in [-0.2, -0.15) is 0 Å². The molecule has 3 aromatic carbocycles. The van der Waals surface area contributed by atoms with Crippen LogP contribution in [0.4, 0.5) is 5.69 Å². The fourth-order valence-corrected chi connectivity index (χ4v) is 5.11. The van der Waals surface area contributed by atoms with Crippen molar-refractivity contribution < 1.29 is 33.5 Å². The average molecular weight is 565 g/mol. The molecule has 0 saturated carbocycles. The Balaban J connectivity index is 1.55. The number of ether oxygens (including phenoxy) is 4. The number of carbonyl (C=O) groups is 2. The molecule has 0 spiro atoms. The first-order valence-electron chi connectivity index (χ1n) is 12.3. The molecule has 10 nitrogen and oxygen atoms in total. The molecule has 1 aliphatic rings. The Morgan fingerprint density at radius 2 is 1.75 bits per heavy atom. The van der Waals surface area contributed by atoms with E-state index in [0.717, 1.165) is 10.9 Å². The van der Waals surface area contributed by atoms with Gasteiger partial charge in [-0.05, 0) is 47.0 Å². The van der Waals surface area contributed by atoms with E-state index in [9.17, 15) is 19.7 Å². The number of H-pyrrole nitrogens is 1. The van der Waals surface area contributed by atoms with Crippen LogP contribution in [0, 0.1) is 16.0 Å². The van der Waals surface area contributed by atoms with Gasteiger partial charge in [0.2, 0.25) is 0 Å². The summed E-state index contributed by atoms with van der Waals surface area (Å²) in [4.78, 5) is 40.1. The van der Waals surface area contributed by atoms with Gasteiger partial charge in [0, 0.05) is 49.0 Å². The quantitative estimate of drug-likeness (QED) is 0.121. The van der Waals surface area contributed by atoms with E-state index >= 15 is 0 Å². The van der Waals surface area contributed by atoms with Crippen molar-refractivity contribution in [1.82, 2.24) is 4.98 Å². The van der Waals surface area contributed by atoms with Crippen LogP contribution in [0.3, 0.4) is 0 Å². The number of halogens is 1. The number of carbonyl (C=O) groups excluding carboxylic acids is 2. The second kappa shape index (κ2) is 10.5. The third kappa shape index (κ3) is 5.17. The molecule has 0 aliphatic carbocycles. The van der Waals surface area contributed by atoms with Crippen LogP contribution in [0.15, 0.2) is 66.9 Å². The topological polar surface area (TPSA) is 130 Å². The molecule has 1 atom stereocenters. The lowest BCUT2D eigenvalue weighted by Gasteiger charge is -2.36. The molecule has 1 N–H and O–H groups in total. The maximum atomic E-state index is 13.2. The molecule has 2 heterocycles. The maximum Gasteiger partial charge on any atom is 0.324 e. The number of methoxy groups -OCH3 is 1. The van der Waals surface area contributed by atoms with Gasteiger partial charge in [0.15, 0.2) is 17.4 Å². The molecule has 1 aliphatic heterocycles. The van der Waals surface area contributed by atoms with Crippen molar-refractivity contribution in [3.63, 3.8) is 0 Å². The van der Waals surface area contributed by atoms with Crippen LogP contribution in [0.1, 0.15) is 36.5 Å². The molecule has 5 rings (SSSR count). The standard InChI is InChI=1S/C29H25ClN2O8/c1-29(2)39-27(33)25(28(34)40-29)24(20-14-31-22-7-5-4-6-19(20)22)17-12-21(30)26(23(13-17)37-3)38-15-16-8-10-18(11-9-16)32(35)36/h4-14,24-25,31H,15H2,1-3H3/t24-/m0/s1. The largest absolute Gasteiger partial charge is 0.493 e. The lowest BCUT2D eigenvalue weighted by atomic mass is 9.79. The first-order valence-corrected chi connectivity index (χ1v) is 12.7. The fraction of sp³-hybridized carbons (Fsp3) is 0.241. The number of cyclic esters (lactones) is 2. The number of para-hydroxylation sites is 1. The number of hydrogen-bond donors (Lipinski definition) is 1. The smallest absolute Gasteiger partial charge is 0.324 e. The first-order chi connectivity index (χ1) is 19.1. The Morgan fingerprint density at radius 3 is 2.40 bits per heavy atom. The minimum atomic E-state index is -1.39. The predicted octanol–water partition coefficient (Wildman–Crippen LogP) is 5.90. The third-order valence-corrected chi connectivity index (χ3v) is 6.91. The number of non-ortho nitro benzene ring substituents is 1. The van der Waals surface area contributed by atoms with Crippen LogP contribution in [0.25, 0.3) is 10.9 Å². The summed E-state index contributed by atoms with van der Waals surface area (Å²) < 4.78 is 22.5. The van der Waals surface area contributed by atoms with E-state index < -0.39 is 34.5 Å². The van der Waals surface area contributed by atoms with Crippen LogP contribution in [-0.4, -0.2) is 34.7 Å². The molecule has 0 unspecified atom stereocenters. The normalized spacial score (nSPS) is 15.8. The number of aromatic amines is 1. The summed E-state index contributed by atoms with van der Waals surface area (Å²) in [5, 5.41) is 11.9. The highest BCUT2D eigenvalue weighted by Crippen LogP contribution is 2.45. The van der Waals surface area contributed by atoms with Gasteiger partial charge in [-0.3, -0.25) is 19.7 Å². The average Bonchev–Trinajstić information content (AvgIpc) is 3.33. The van der Waals surface area contributed by atoms with Gasteiger partial charge in [-0.1, -0.05) is 29.8 Å². The SMILES string of the molecule is COc1cc([C@@H](c2c[nH]c3ccccc23)C2C(=O)OC(C)(C)OC2=O)cc(Cl)c1OCc1ccc([N+](=O)[O-])cc1. The Morgan fingerprint density at radius 1 is 1.07 bits per heavy atom. The number of nitrogens with one attached hydrogen (secondary N) is 1. The van der Waals surface area contributed by atoms with Gasteiger partial charge in [0.25, 0.3) is 11.5 Å². The molecular weight excluding hydrogens is 540 g/mol. The molecular formula is C29H25ClN2O8. The van der Waals surface area contributed by atoms with Crippen molar-refractivity contribution in [2.24, 2.45) is 5.92 Å². The van der Waals surface area contributed by atoms with Crippen molar-refractivity contribution in [2.45, 2.75) is 32.2 Å². The summed E-state index contributed by atoms with van der Waals surface area (Å²) in [6.07, 6.45) is 1.75. The number of rotatable bonds is 8. The van der Waals surface area contributed by atoms with E-state index in [-0.39, 0.29) is 28.8 Å². The lowest BCUT2D eigenvalue weighted by Crippen LogP contribution is -2.48. The minimum Gasteiger partial charge on any atom is -0.493 e. The molecule has 0 bridgehead atoms. The monoisotopic (exact) mass is 564 g/mol. The fourth-order valence-electron chi connectivity index (χ4n) is 4.83. The van der Waals surface area contributed by atoms with Crippen LogP contribution in [0.5, 0.6) is 11.5 Å². The summed E-state index contributed by atoms with van der Waals surface area (Å²) in [6.45, 7) is 3.06. The van der Waals surface area contributed by atoms with E-state index in [2.05, 4.69) is 4.98 Å². The van der Waals surface area contributed by atoms with Crippen molar-refractivity contribution in [2.75, 3.05) is 7.11 Å². The summed E-state index contributed by atoms with van der Waals surface area (Å²) in [5.74, 6) is -4.45. The van der Waals surface area contributed by atoms with E-state index in [1.807, 2.05) is 24.3 Å². The highest BCUT2D eigenvalue weighted by Gasteiger charge is 2.49. The van der Waals surface area contributed by atoms with Crippen LogP contribution < -0.4 is 9.47 Å². The van der Waals surface area contributed by atoms with Crippen LogP contribution >= 0.6 is 11.6 Å². The zero-order valence-corrected chi connectivity index (χ0v) is 22.6. The highest BCUT2D eigenvalue weighted by molar-refractivity contribution is 6.32. The van der Waals surface area contributed by atoms with Crippen molar-refractivity contribution in [3.05, 3.63) is 98.7 Å². The number of esters is 2. The number of benzene rings is 3. The lowest BCUT2D eigenvalue weighted by molar-refractivity contribution is -0.384. The number of nitro benzene ring substituents is 1. The molecule has 0 amide bonds. The minimum absolute atomic E-state index is 0.0322. The van der Waals surface area contributed by atoms with Gasteiger partial charge in [-0.15, -0.1) is 0 Å². The molecule has 1 fully saturated rings. The van der Waals surface area contributed by atoms with Gasteiger partial charge < -0.3 is 23.9 Å². The zero-order chi connectivity index (χ0) is 28.6. The van der Waals surface area contributed by atoms with Gasteiger partial charge in [0.1, 0.15) is 6.61 Å². The van der Waals surface area contributed by atoms with E-state index in [0.29, 0.717) is 16.7 Å².